The maximum Gasteiger partial charge on any atom is 0.256 e. The van der Waals surface area contributed by atoms with Gasteiger partial charge in [0.2, 0.25) is 0 Å². The van der Waals surface area contributed by atoms with Crippen molar-refractivity contribution in [2.24, 2.45) is 5.73 Å². The Morgan fingerprint density at radius 1 is 1.19 bits per heavy atom. The molecule has 2 heterocycles. The first-order valence-electron chi connectivity index (χ1n) is 8.21. The smallest absolute Gasteiger partial charge is 0.256 e. The Labute approximate surface area is 158 Å². The molecule has 0 radical (unpaired) electrons. The molecule has 7 heteroatoms. The average Bonchev–Trinajstić information content (AvgIpc) is 3.31. The fourth-order valence-electron chi connectivity index (χ4n) is 2.59. The molecule has 26 heavy (non-hydrogen) atoms. The lowest BCUT2D eigenvalue weighted by atomic mass is 10.1. The molecule has 2 aromatic heterocycles. The van der Waals surface area contributed by atoms with Crippen LogP contribution in [-0.2, 0) is 13.0 Å². The minimum absolute atomic E-state index is 0. The summed E-state index contributed by atoms with van der Waals surface area (Å²) in [5, 5.41) is 4.10. The van der Waals surface area contributed by atoms with Gasteiger partial charge in [-0.2, -0.15) is 0 Å². The molecule has 3 aromatic rings. The van der Waals surface area contributed by atoms with Crippen LogP contribution in [0.3, 0.4) is 0 Å². The predicted octanol–water partition coefficient (Wildman–Crippen LogP) is 3.52. The second kappa shape index (κ2) is 9.22. The minimum Gasteiger partial charge on any atom is -0.467 e. The lowest BCUT2D eigenvalue weighted by Crippen LogP contribution is -2.27. The number of aryl methyl sites for hydroxylation is 1. The summed E-state index contributed by atoms with van der Waals surface area (Å²) in [6.07, 6.45) is 2.95. The van der Waals surface area contributed by atoms with Crippen molar-refractivity contribution in [2.75, 3.05) is 13.6 Å². The van der Waals surface area contributed by atoms with Crippen molar-refractivity contribution in [1.82, 2.24) is 10.1 Å². The first-order chi connectivity index (χ1) is 12.2. The molecule has 0 aliphatic rings. The molecule has 3 rings (SSSR count). The highest BCUT2D eigenvalue weighted by atomic mass is 35.5. The molecule has 0 bridgehead atoms. The molecule has 0 fully saturated rings. The Morgan fingerprint density at radius 2 is 1.96 bits per heavy atom. The first kappa shape index (κ1) is 19.8. The van der Waals surface area contributed by atoms with Crippen LogP contribution >= 0.6 is 12.4 Å². The van der Waals surface area contributed by atoms with Crippen molar-refractivity contribution < 1.29 is 13.7 Å². The number of furan rings is 1. The summed E-state index contributed by atoms with van der Waals surface area (Å²) in [4.78, 5) is 14.0. The first-order valence-corrected chi connectivity index (χ1v) is 8.21. The normalized spacial score (nSPS) is 10.4. The number of carbonyl (C=O) groups excluding carboxylic acids is 1. The quantitative estimate of drug-likeness (QED) is 0.682. The van der Waals surface area contributed by atoms with Gasteiger partial charge in [-0.3, -0.25) is 4.79 Å². The number of aromatic nitrogens is 1. The van der Waals surface area contributed by atoms with Crippen molar-refractivity contribution in [3.8, 4) is 11.3 Å². The van der Waals surface area contributed by atoms with Gasteiger partial charge in [0, 0.05) is 31.6 Å². The predicted molar refractivity (Wildman–Crippen MR) is 101 cm³/mol. The number of hydrogen-bond donors (Lipinski definition) is 1. The monoisotopic (exact) mass is 375 g/mol. The molecule has 0 spiro atoms. The lowest BCUT2D eigenvalue weighted by Gasteiger charge is -2.15. The largest absolute Gasteiger partial charge is 0.467 e. The van der Waals surface area contributed by atoms with Crippen molar-refractivity contribution >= 4 is 18.3 Å². The number of rotatable bonds is 7. The van der Waals surface area contributed by atoms with Crippen LogP contribution in [0.25, 0.3) is 11.3 Å². The van der Waals surface area contributed by atoms with E-state index in [0.29, 0.717) is 17.9 Å². The molecular formula is C19H22ClN3O3. The molecule has 1 aromatic carbocycles. The summed E-state index contributed by atoms with van der Waals surface area (Å²) < 4.78 is 10.6. The standard InChI is InChI=1S/C19H21N3O3.ClH/c1-22(19(23)15-10-17(12-20)24-13-15)9-5-8-16-11-18(21-25-16)14-6-3-2-4-7-14;/h2-4,6-7,10-11,13H,5,8-9,12,20H2,1H3;1H. The average molecular weight is 376 g/mol. The zero-order valence-electron chi connectivity index (χ0n) is 14.6. The van der Waals surface area contributed by atoms with Crippen molar-refractivity contribution in [1.29, 1.82) is 0 Å². The third-order valence-corrected chi connectivity index (χ3v) is 3.99. The van der Waals surface area contributed by atoms with Crippen LogP contribution in [0.1, 0.15) is 28.3 Å². The fraction of sp³-hybridized carbons (Fsp3) is 0.263. The van der Waals surface area contributed by atoms with E-state index < -0.39 is 0 Å². The molecule has 2 N–H and O–H groups in total. The highest BCUT2D eigenvalue weighted by Gasteiger charge is 2.15. The summed E-state index contributed by atoms with van der Waals surface area (Å²) >= 11 is 0. The van der Waals surface area contributed by atoms with E-state index in [1.165, 1.54) is 6.26 Å². The van der Waals surface area contributed by atoms with Crippen molar-refractivity contribution in [3.63, 3.8) is 0 Å². The van der Waals surface area contributed by atoms with Gasteiger partial charge in [0.05, 0.1) is 12.1 Å². The van der Waals surface area contributed by atoms with Crippen molar-refractivity contribution in [2.45, 2.75) is 19.4 Å². The topological polar surface area (TPSA) is 85.5 Å². The van der Waals surface area contributed by atoms with Gasteiger partial charge in [-0.05, 0) is 12.5 Å². The Morgan fingerprint density at radius 3 is 2.65 bits per heavy atom. The van der Waals surface area contributed by atoms with Crippen LogP contribution in [0.5, 0.6) is 0 Å². The summed E-state index contributed by atoms with van der Waals surface area (Å²) in [5.74, 6) is 1.34. The third kappa shape index (κ3) is 4.74. The Balaban J connectivity index is 0.00000243. The van der Waals surface area contributed by atoms with Crippen molar-refractivity contribution in [3.05, 3.63) is 65.8 Å². The molecule has 138 valence electrons. The zero-order valence-corrected chi connectivity index (χ0v) is 15.4. The van der Waals surface area contributed by atoms with Crippen LogP contribution in [-0.4, -0.2) is 29.6 Å². The van der Waals surface area contributed by atoms with Crippen LogP contribution in [0, 0.1) is 0 Å². The number of hydrogen-bond acceptors (Lipinski definition) is 5. The van der Waals surface area contributed by atoms with Gasteiger partial charge in [-0.15, -0.1) is 12.4 Å². The number of nitrogens with two attached hydrogens (primary N) is 1. The van der Waals surface area contributed by atoms with Gasteiger partial charge in [0.25, 0.3) is 5.91 Å². The molecule has 0 unspecified atom stereocenters. The van der Waals surface area contributed by atoms with Crippen LogP contribution in [0.4, 0.5) is 0 Å². The molecule has 0 aliphatic carbocycles. The van der Waals surface area contributed by atoms with E-state index in [1.54, 1.807) is 18.0 Å². The van der Waals surface area contributed by atoms with E-state index in [0.717, 1.165) is 29.9 Å². The Hall–Kier alpha value is -2.57. The number of halogens is 1. The van der Waals surface area contributed by atoms with Gasteiger partial charge in [0.1, 0.15) is 23.5 Å². The third-order valence-electron chi connectivity index (χ3n) is 3.99. The highest BCUT2D eigenvalue weighted by Crippen LogP contribution is 2.19. The highest BCUT2D eigenvalue weighted by molar-refractivity contribution is 5.93. The Bertz CT molecular complexity index is 829. The number of nitrogens with zero attached hydrogens (tertiary/aromatic N) is 2. The van der Waals surface area contributed by atoms with E-state index in [-0.39, 0.29) is 24.9 Å². The summed E-state index contributed by atoms with van der Waals surface area (Å²) in [7, 11) is 1.77. The molecule has 0 saturated heterocycles. The van der Waals surface area contributed by atoms with Gasteiger partial charge < -0.3 is 19.6 Å². The van der Waals surface area contributed by atoms with Gasteiger partial charge >= 0.3 is 0 Å². The van der Waals surface area contributed by atoms with Crippen LogP contribution in [0.15, 0.2) is 57.7 Å². The summed E-state index contributed by atoms with van der Waals surface area (Å²) in [6.45, 7) is 0.898. The minimum atomic E-state index is -0.0778. The van der Waals surface area contributed by atoms with Gasteiger partial charge in [0.15, 0.2) is 0 Å². The number of carbonyl (C=O) groups is 1. The van der Waals surface area contributed by atoms with E-state index in [9.17, 15) is 4.79 Å². The Kier molecular flexibility index (Phi) is 7.00. The number of benzene rings is 1. The molecule has 6 nitrogen and oxygen atoms in total. The number of amides is 1. The summed E-state index contributed by atoms with van der Waals surface area (Å²) in [6, 6.07) is 13.5. The van der Waals surface area contributed by atoms with Gasteiger partial charge in [-0.25, -0.2) is 0 Å². The second-order valence-electron chi connectivity index (χ2n) is 5.88. The molecule has 0 atom stereocenters. The maximum absolute atomic E-state index is 12.3. The maximum atomic E-state index is 12.3. The van der Waals surface area contributed by atoms with Crippen LogP contribution < -0.4 is 5.73 Å². The van der Waals surface area contributed by atoms with E-state index in [2.05, 4.69) is 5.16 Å². The van der Waals surface area contributed by atoms with Gasteiger partial charge in [-0.1, -0.05) is 35.5 Å². The fourth-order valence-corrected chi connectivity index (χ4v) is 2.59. The zero-order chi connectivity index (χ0) is 17.6. The lowest BCUT2D eigenvalue weighted by molar-refractivity contribution is 0.0792. The van der Waals surface area contributed by atoms with E-state index >= 15 is 0 Å². The molecule has 0 aliphatic heterocycles. The SMILES string of the molecule is CN(CCCc1cc(-c2ccccc2)no1)C(=O)c1coc(CN)c1.Cl. The molecular weight excluding hydrogens is 354 g/mol. The second-order valence-corrected chi connectivity index (χ2v) is 5.88. The molecule has 1 amide bonds. The summed E-state index contributed by atoms with van der Waals surface area (Å²) in [5.41, 5.74) is 7.87. The van der Waals surface area contributed by atoms with E-state index in [4.69, 9.17) is 14.7 Å². The van der Waals surface area contributed by atoms with Crippen LogP contribution in [0.2, 0.25) is 0 Å². The molecule has 0 saturated carbocycles. The van der Waals surface area contributed by atoms with E-state index in [1.807, 2.05) is 36.4 Å².